The summed E-state index contributed by atoms with van der Waals surface area (Å²) in [6.45, 7) is 3.93. The fourth-order valence-corrected chi connectivity index (χ4v) is 4.34. The first-order chi connectivity index (χ1) is 15.2. The van der Waals surface area contributed by atoms with E-state index >= 15 is 0 Å². The van der Waals surface area contributed by atoms with Gasteiger partial charge in [0.2, 0.25) is 5.91 Å². The first kappa shape index (κ1) is 19.4. The van der Waals surface area contributed by atoms with E-state index in [-0.39, 0.29) is 11.8 Å². The molecular formula is C26H25N3O2. The van der Waals surface area contributed by atoms with Crippen LogP contribution in [0.25, 0.3) is 11.0 Å². The number of aromatic nitrogens is 2. The van der Waals surface area contributed by atoms with E-state index in [0.717, 1.165) is 28.3 Å². The third-order valence-corrected chi connectivity index (χ3v) is 5.82. The number of amides is 1. The number of rotatable bonds is 6. The molecule has 1 amide bonds. The Hall–Kier alpha value is -3.60. The molecule has 0 aliphatic carbocycles. The normalized spacial score (nSPS) is 16.2. The molecule has 2 heterocycles. The van der Waals surface area contributed by atoms with E-state index in [4.69, 9.17) is 9.72 Å². The summed E-state index contributed by atoms with van der Waals surface area (Å²) in [4.78, 5) is 19.6. The summed E-state index contributed by atoms with van der Waals surface area (Å²) in [7, 11) is 0. The van der Waals surface area contributed by atoms with Crippen molar-refractivity contribution in [2.75, 3.05) is 18.1 Å². The highest BCUT2D eigenvalue weighted by Gasteiger charge is 2.34. The van der Waals surface area contributed by atoms with Gasteiger partial charge < -0.3 is 14.2 Å². The number of aryl methyl sites for hydroxylation is 1. The van der Waals surface area contributed by atoms with Gasteiger partial charge in [0.25, 0.3) is 0 Å². The summed E-state index contributed by atoms with van der Waals surface area (Å²) in [5, 5.41) is 0. The van der Waals surface area contributed by atoms with Crippen LogP contribution >= 0.6 is 0 Å². The van der Waals surface area contributed by atoms with Crippen LogP contribution < -0.4 is 9.64 Å². The van der Waals surface area contributed by atoms with Gasteiger partial charge in [0.1, 0.15) is 18.2 Å². The molecule has 0 spiro atoms. The van der Waals surface area contributed by atoms with E-state index in [1.54, 1.807) is 0 Å². The average Bonchev–Trinajstić information content (AvgIpc) is 3.35. The summed E-state index contributed by atoms with van der Waals surface area (Å²) in [6.07, 6.45) is 0.469. The van der Waals surface area contributed by atoms with E-state index in [1.807, 2.05) is 71.6 Å². The number of carbonyl (C=O) groups excluding carboxylic acids is 1. The number of fused-ring (bicyclic) bond motifs is 1. The molecule has 4 aromatic rings. The van der Waals surface area contributed by atoms with Crippen molar-refractivity contribution in [2.45, 2.75) is 25.8 Å². The number of anilines is 1. The lowest BCUT2D eigenvalue weighted by molar-refractivity contribution is -0.117. The molecule has 1 saturated heterocycles. The predicted molar refractivity (Wildman–Crippen MR) is 123 cm³/mol. The maximum Gasteiger partial charge on any atom is 0.227 e. The minimum atomic E-state index is 0.0547. The predicted octanol–water partition coefficient (Wildman–Crippen LogP) is 4.94. The molecule has 1 aromatic heterocycles. The molecule has 0 saturated carbocycles. The topological polar surface area (TPSA) is 47.4 Å². The standard InChI is InChI=1S/C26H25N3O2/c1-19-8-7-11-22(16-19)31-15-14-28-24-13-6-5-12-23(24)27-26(28)20-17-25(30)29(18-20)21-9-3-2-4-10-21/h2-13,16,20H,14-15,17-18H2,1H3/t20-/m0/s1. The molecule has 0 radical (unpaired) electrons. The van der Waals surface area contributed by atoms with Gasteiger partial charge >= 0.3 is 0 Å². The van der Waals surface area contributed by atoms with Crippen molar-refractivity contribution in [3.8, 4) is 5.75 Å². The van der Waals surface area contributed by atoms with Crippen molar-refractivity contribution in [2.24, 2.45) is 0 Å². The van der Waals surface area contributed by atoms with Crippen LogP contribution in [0.2, 0.25) is 0 Å². The van der Waals surface area contributed by atoms with Crippen LogP contribution in [0, 0.1) is 6.92 Å². The Morgan fingerprint density at radius 2 is 1.81 bits per heavy atom. The van der Waals surface area contributed by atoms with Crippen LogP contribution in [0.5, 0.6) is 5.75 Å². The lowest BCUT2D eigenvalue weighted by atomic mass is 10.1. The van der Waals surface area contributed by atoms with Gasteiger partial charge in [-0.1, -0.05) is 42.5 Å². The number of nitrogens with zero attached hydrogens (tertiary/aromatic N) is 3. The minimum Gasteiger partial charge on any atom is -0.492 e. The van der Waals surface area contributed by atoms with Gasteiger partial charge in [-0.2, -0.15) is 0 Å². The minimum absolute atomic E-state index is 0.0547. The Balaban J connectivity index is 1.40. The molecule has 3 aromatic carbocycles. The number of benzene rings is 3. The first-order valence-corrected chi connectivity index (χ1v) is 10.7. The highest BCUT2D eigenvalue weighted by atomic mass is 16.5. The van der Waals surface area contributed by atoms with Crippen molar-refractivity contribution in [3.05, 3.63) is 90.3 Å². The molecule has 1 aliphatic rings. The first-order valence-electron chi connectivity index (χ1n) is 10.7. The SMILES string of the molecule is Cc1cccc(OCCn2c([C@H]3CC(=O)N(c4ccccc4)C3)nc3ccccc32)c1. The molecule has 5 nitrogen and oxygen atoms in total. The van der Waals surface area contributed by atoms with Gasteiger partial charge in [0, 0.05) is 24.6 Å². The second kappa shape index (κ2) is 8.26. The van der Waals surface area contributed by atoms with E-state index in [2.05, 4.69) is 23.6 Å². The van der Waals surface area contributed by atoms with E-state index < -0.39 is 0 Å². The summed E-state index contributed by atoms with van der Waals surface area (Å²) in [5.74, 6) is 2.03. The molecule has 1 atom stereocenters. The maximum absolute atomic E-state index is 12.8. The molecule has 31 heavy (non-hydrogen) atoms. The zero-order valence-corrected chi connectivity index (χ0v) is 17.6. The Labute approximate surface area is 181 Å². The molecule has 0 unspecified atom stereocenters. The van der Waals surface area contributed by atoms with Crippen molar-refractivity contribution in [1.29, 1.82) is 0 Å². The van der Waals surface area contributed by atoms with E-state index in [9.17, 15) is 4.79 Å². The highest BCUT2D eigenvalue weighted by Crippen LogP contribution is 2.33. The quantitative estimate of drug-likeness (QED) is 0.451. The molecule has 5 rings (SSSR count). The molecule has 1 fully saturated rings. The van der Waals surface area contributed by atoms with Gasteiger partial charge in [0.15, 0.2) is 0 Å². The van der Waals surface area contributed by atoms with Crippen LogP contribution in [0.15, 0.2) is 78.9 Å². The molecular weight excluding hydrogens is 386 g/mol. The molecule has 5 heteroatoms. The lowest BCUT2D eigenvalue weighted by Gasteiger charge is -2.17. The van der Waals surface area contributed by atoms with Gasteiger partial charge in [-0.05, 0) is 48.9 Å². The summed E-state index contributed by atoms with van der Waals surface area (Å²) in [6, 6.07) is 26.1. The highest BCUT2D eigenvalue weighted by molar-refractivity contribution is 5.96. The number of ether oxygens (including phenoxy) is 1. The van der Waals surface area contributed by atoms with Crippen LogP contribution in [0.1, 0.15) is 23.7 Å². The van der Waals surface area contributed by atoms with E-state index in [0.29, 0.717) is 26.1 Å². The van der Waals surface area contributed by atoms with Crippen LogP contribution in [-0.2, 0) is 11.3 Å². The Bertz CT molecular complexity index is 1220. The molecule has 1 aliphatic heterocycles. The number of imidazole rings is 1. The Kier molecular flexibility index (Phi) is 5.16. The second-order valence-corrected chi connectivity index (χ2v) is 8.02. The third kappa shape index (κ3) is 3.91. The number of para-hydroxylation sites is 3. The largest absolute Gasteiger partial charge is 0.492 e. The average molecular weight is 412 g/mol. The lowest BCUT2D eigenvalue weighted by Crippen LogP contribution is -2.24. The van der Waals surface area contributed by atoms with Crippen LogP contribution in [0.3, 0.4) is 0 Å². The van der Waals surface area contributed by atoms with Gasteiger partial charge in [-0.15, -0.1) is 0 Å². The van der Waals surface area contributed by atoms with E-state index in [1.165, 1.54) is 5.56 Å². The Morgan fingerprint density at radius 1 is 1.00 bits per heavy atom. The smallest absolute Gasteiger partial charge is 0.227 e. The fourth-order valence-electron chi connectivity index (χ4n) is 4.34. The van der Waals surface area contributed by atoms with Crippen molar-refractivity contribution < 1.29 is 9.53 Å². The third-order valence-electron chi connectivity index (χ3n) is 5.82. The molecule has 0 bridgehead atoms. The van der Waals surface area contributed by atoms with Crippen LogP contribution in [0.4, 0.5) is 5.69 Å². The molecule has 156 valence electrons. The number of hydrogen-bond acceptors (Lipinski definition) is 3. The van der Waals surface area contributed by atoms with Gasteiger partial charge in [0.05, 0.1) is 17.6 Å². The summed E-state index contributed by atoms with van der Waals surface area (Å²) < 4.78 is 8.23. The van der Waals surface area contributed by atoms with Crippen molar-refractivity contribution >= 4 is 22.6 Å². The fraction of sp³-hybridized carbons (Fsp3) is 0.231. The summed E-state index contributed by atoms with van der Waals surface area (Å²) in [5.41, 5.74) is 4.16. The number of hydrogen-bond donors (Lipinski definition) is 0. The molecule has 0 N–H and O–H groups in total. The zero-order chi connectivity index (χ0) is 21.2. The number of carbonyl (C=O) groups is 1. The Morgan fingerprint density at radius 3 is 2.65 bits per heavy atom. The maximum atomic E-state index is 12.8. The van der Waals surface area contributed by atoms with Crippen LogP contribution in [-0.4, -0.2) is 28.6 Å². The monoisotopic (exact) mass is 411 g/mol. The summed E-state index contributed by atoms with van der Waals surface area (Å²) >= 11 is 0. The van der Waals surface area contributed by atoms with Crippen molar-refractivity contribution in [1.82, 2.24) is 9.55 Å². The van der Waals surface area contributed by atoms with Gasteiger partial charge in [-0.25, -0.2) is 4.98 Å². The van der Waals surface area contributed by atoms with Gasteiger partial charge in [-0.3, -0.25) is 4.79 Å². The zero-order valence-electron chi connectivity index (χ0n) is 17.6. The van der Waals surface area contributed by atoms with Crippen molar-refractivity contribution in [3.63, 3.8) is 0 Å². The second-order valence-electron chi connectivity index (χ2n) is 8.02.